The first-order chi connectivity index (χ1) is 18.1. The van der Waals surface area contributed by atoms with Crippen LogP contribution >= 0.6 is 0 Å². The minimum Gasteiger partial charge on any atom is -0.204 e. The van der Waals surface area contributed by atoms with Crippen LogP contribution in [0, 0.1) is 17.5 Å². The third kappa shape index (κ3) is 3.31. The van der Waals surface area contributed by atoms with Crippen molar-refractivity contribution in [3.63, 3.8) is 0 Å². The fourth-order valence-corrected chi connectivity index (χ4v) is 5.57. The zero-order chi connectivity index (χ0) is 25.1. The molecule has 0 aliphatic rings. The quantitative estimate of drug-likeness (QED) is 0.173. The number of rotatable bonds is 3. The molecule has 0 radical (unpaired) electrons. The summed E-state index contributed by atoms with van der Waals surface area (Å²) in [4.78, 5) is 0. The summed E-state index contributed by atoms with van der Waals surface area (Å²) in [6.45, 7) is 0. The van der Waals surface area contributed by atoms with Gasteiger partial charge in [-0.05, 0) is 83.9 Å². The fraction of sp³-hybridized carbons (Fsp3) is 0. The highest BCUT2D eigenvalue weighted by Crippen LogP contribution is 2.45. The zero-order valence-corrected chi connectivity index (χ0v) is 19.6. The first-order valence-electron chi connectivity index (χ1n) is 12.1. The van der Waals surface area contributed by atoms with Crippen LogP contribution in [0.3, 0.4) is 0 Å². The van der Waals surface area contributed by atoms with Gasteiger partial charge in [0, 0.05) is 0 Å². The second kappa shape index (κ2) is 8.21. The smallest absolute Gasteiger partial charge is 0.194 e. The van der Waals surface area contributed by atoms with E-state index in [0.29, 0.717) is 11.1 Å². The summed E-state index contributed by atoms with van der Waals surface area (Å²) >= 11 is 0. The third-order valence-electron chi connectivity index (χ3n) is 7.25. The Kier molecular flexibility index (Phi) is 4.80. The molecule has 7 aromatic carbocycles. The van der Waals surface area contributed by atoms with E-state index < -0.39 is 17.5 Å². The van der Waals surface area contributed by atoms with Crippen molar-refractivity contribution < 1.29 is 13.2 Å². The summed E-state index contributed by atoms with van der Waals surface area (Å²) in [7, 11) is 0. The average Bonchev–Trinajstić information content (AvgIpc) is 2.95. The number of hydrogen-bond donors (Lipinski definition) is 0. The molecule has 7 aromatic rings. The van der Waals surface area contributed by atoms with E-state index >= 15 is 0 Å². The summed E-state index contributed by atoms with van der Waals surface area (Å²) in [5.41, 5.74) is 5.42. The maximum absolute atomic E-state index is 14.2. The molecule has 7 rings (SSSR count). The maximum atomic E-state index is 14.2. The van der Waals surface area contributed by atoms with Crippen LogP contribution in [-0.2, 0) is 0 Å². The normalized spacial score (nSPS) is 11.6. The molecule has 0 atom stereocenters. The maximum Gasteiger partial charge on any atom is 0.194 e. The SMILES string of the molecule is Fc1cc(-c2ccc3ccc4c(-c5ccccc5)cc(-c5ccccc5)c5ccc2c3c45)cc(F)c1F. The minimum atomic E-state index is -1.46. The van der Waals surface area contributed by atoms with Crippen molar-refractivity contribution in [2.75, 3.05) is 0 Å². The van der Waals surface area contributed by atoms with E-state index in [9.17, 15) is 13.2 Å². The van der Waals surface area contributed by atoms with Crippen molar-refractivity contribution in [2.45, 2.75) is 0 Å². The van der Waals surface area contributed by atoms with Crippen LogP contribution in [0.2, 0.25) is 0 Å². The molecule has 0 N–H and O–H groups in total. The van der Waals surface area contributed by atoms with Crippen LogP contribution in [0.4, 0.5) is 13.2 Å². The Morgan fingerprint density at radius 2 is 0.865 bits per heavy atom. The summed E-state index contributed by atoms with van der Waals surface area (Å²) in [5, 5.41) is 6.22. The van der Waals surface area contributed by atoms with E-state index in [1.807, 2.05) is 54.6 Å². The van der Waals surface area contributed by atoms with Gasteiger partial charge in [0.25, 0.3) is 0 Å². The molecule has 0 spiro atoms. The predicted molar refractivity (Wildman–Crippen MR) is 146 cm³/mol. The van der Waals surface area contributed by atoms with E-state index in [1.165, 1.54) is 0 Å². The van der Waals surface area contributed by atoms with Crippen LogP contribution in [0.1, 0.15) is 0 Å². The van der Waals surface area contributed by atoms with Crippen LogP contribution in [0.25, 0.3) is 65.7 Å². The van der Waals surface area contributed by atoms with Gasteiger partial charge in [-0.1, -0.05) is 97.1 Å². The lowest BCUT2D eigenvalue weighted by Gasteiger charge is -2.19. The molecule has 0 amide bonds. The Morgan fingerprint density at radius 3 is 1.43 bits per heavy atom. The Hall–Kier alpha value is -4.63. The van der Waals surface area contributed by atoms with Crippen LogP contribution in [0.5, 0.6) is 0 Å². The second-order valence-corrected chi connectivity index (χ2v) is 9.32. The lowest BCUT2D eigenvalue weighted by Crippen LogP contribution is -1.94. The standard InChI is InChI=1S/C34H19F3/c35-30-17-23(18-31(36)34(30)37)24-13-11-22-12-14-26-28(20-7-3-1-4-8-20)19-29(21-9-5-2-6-10-21)27-16-15-25(24)32(22)33(26)27/h1-19H. The summed E-state index contributed by atoms with van der Waals surface area (Å²) in [6, 6.07) is 37.1. The van der Waals surface area contributed by atoms with Crippen LogP contribution in [0.15, 0.2) is 115 Å². The van der Waals surface area contributed by atoms with Crippen molar-refractivity contribution >= 4 is 32.3 Å². The highest BCUT2D eigenvalue weighted by atomic mass is 19.2. The largest absolute Gasteiger partial charge is 0.204 e. The first kappa shape index (κ1) is 21.6. The average molecular weight is 485 g/mol. The summed E-state index contributed by atoms with van der Waals surface area (Å²) in [6.07, 6.45) is 0. The topological polar surface area (TPSA) is 0 Å². The Morgan fingerprint density at radius 1 is 0.378 bits per heavy atom. The van der Waals surface area contributed by atoms with Crippen LogP contribution in [-0.4, -0.2) is 0 Å². The Balaban J connectivity index is 1.64. The number of benzene rings is 7. The Labute approximate surface area is 211 Å². The van der Waals surface area contributed by atoms with Gasteiger partial charge in [-0.2, -0.15) is 0 Å². The lowest BCUT2D eigenvalue weighted by atomic mass is 9.84. The molecule has 0 unspecified atom stereocenters. The Bertz CT molecular complexity index is 1860. The molecule has 176 valence electrons. The number of halogens is 3. The molecule has 3 heteroatoms. The predicted octanol–water partition coefficient (Wildman–Crippen LogP) is 10.0. The first-order valence-corrected chi connectivity index (χ1v) is 12.1. The molecular weight excluding hydrogens is 465 g/mol. The number of hydrogen-bond acceptors (Lipinski definition) is 0. The van der Waals surface area contributed by atoms with E-state index in [-0.39, 0.29) is 0 Å². The third-order valence-corrected chi connectivity index (χ3v) is 7.25. The molecule has 0 fully saturated rings. The van der Waals surface area contributed by atoms with Gasteiger partial charge in [0.2, 0.25) is 0 Å². The van der Waals surface area contributed by atoms with Gasteiger partial charge in [0.1, 0.15) is 0 Å². The highest BCUT2D eigenvalue weighted by molar-refractivity contribution is 6.29. The summed E-state index contributed by atoms with van der Waals surface area (Å²) < 4.78 is 42.1. The van der Waals surface area contributed by atoms with Gasteiger partial charge in [-0.25, -0.2) is 13.2 Å². The fourth-order valence-electron chi connectivity index (χ4n) is 5.57. The van der Waals surface area contributed by atoms with Crippen molar-refractivity contribution in [3.8, 4) is 33.4 Å². The van der Waals surface area contributed by atoms with Gasteiger partial charge < -0.3 is 0 Å². The molecule has 0 saturated heterocycles. The molecule has 0 saturated carbocycles. The van der Waals surface area contributed by atoms with E-state index in [4.69, 9.17) is 0 Å². The van der Waals surface area contributed by atoms with Gasteiger partial charge in [-0.15, -0.1) is 0 Å². The van der Waals surface area contributed by atoms with Gasteiger partial charge >= 0.3 is 0 Å². The van der Waals surface area contributed by atoms with E-state index in [1.54, 1.807) is 0 Å². The molecule has 0 bridgehead atoms. The summed E-state index contributed by atoms with van der Waals surface area (Å²) in [5.74, 6) is -3.85. The van der Waals surface area contributed by atoms with Gasteiger partial charge in [0.05, 0.1) is 0 Å². The van der Waals surface area contributed by atoms with E-state index in [0.717, 1.165) is 66.7 Å². The van der Waals surface area contributed by atoms with Crippen molar-refractivity contribution in [1.82, 2.24) is 0 Å². The lowest BCUT2D eigenvalue weighted by molar-refractivity contribution is 0.448. The van der Waals surface area contributed by atoms with Gasteiger partial charge in [0.15, 0.2) is 17.5 Å². The van der Waals surface area contributed by atoms with Crippen molar-refractivity contribution in [1.29, 1.82) is 0 Å². The van der Waals surface area contributed by atoms with Crippen molar-refractivity contribution in [3.05, 3.63) is 133 Å². The molecule has 37 heavy (non-hydrogen) atoms. The molecule has 0 aliphatic carbocycles. The highest BCUT2D eigenvalue weighted by Gasteiger charge is 2.19. The molecule has 0 aliphatic heterocycles. The minimum absolute atomic E-state index is 0.306. The van der Waals surface area contributed by atoms with Gasteiger partial charge in [-0.3, -0.25) is 0 Å². The molecule has 0 heterocycles. The molecular formula is C34H19F3. The monoisotopic (exact) mass is 484 g/mol. The van der Waals surface area contributed by atoms with Crippen LogP contribution < -0.4 is 0 Å². The molecule has 0 nitrogen and oxygen atoms in total. The van der Waals surface area contributed by atoms with E-state index in [2.05, 4.69) is 48.5 Å². The molecule has 0 aromatic heterocycles. The zero-order valence-electron chi connectivity index (χ0n) is 19.6. The van der Waals surface area contributed by atoms with Crippen molar-refractivity contribution in [2.24, 2.45) is 0 Å². The second-order valence-electron chi connectivity index (χ2n) is 9.32.